The van der Waals surface area contributed by atoms with E-state index in [4.69, 9.17) is 15.2 Å². The Kier molecular flexibility index (Phi) is 4.70. The highest BCUT2D eigenvalue weighted by Crippen LogP contribution is 2.25. The van der Waals surface area contributed by atoms with E-state index in [0.29, 0.717) is 18.4 Å². The molecule has 0 aliphatic carbocycles. The minimum atomic E-state index is 0.428. The molecule has 100 valence electrons. The zero-order valence-corrected chi connectivity index (χ0v) is 10.9. The predicted molar refractivity (Wildman–Crippen MR) is 74.1 cm³/mol. The summed E-state index contributed by atoms with van der Waals surface area (Å²) in [5, 5.41) is 3.38. The van der Waals surface area contributed by atoms with Gasteiger partial charge in [-0.1, -0.05) is 0 Å². The minimum absolute atomic E-state index is 0.428. The maximum absolute atomic E-state index is 5.83. The van der Waals surface area contributed by atoms with Gasteiger partial charge >= 0.3 is 0 Å². The van der Waals surface area contributed by atoms with Crippen LogP contribution in [0.4, 0.5) is 11.4 Å². The fourth-order valence-electron chi connectivity index (χ4n) is 2.17. The fourth-order valence-corrected chi connectivity index (χ4v) is 2.17. The number of nitrogens with two attached hydrogens (primary N) is 1. The number of nitrogens with one attached hydrogen (secondary N) is 1. The summed E-state index contributed by atoms with van der Waals surface area (Å²) >= 11 is 0. The van der Waals surface area contributed by atoms with Gasteiger partial charge in [0.25, 0.3) is 0 Å². The van der Waals surface area contributed by atoms with E-state index < -0.39 is 0 Å². The average Bonchev–Trinajstić information content (AvgIpc) is 2.87. The van der Waals surface area contributed by atoms with Crippen molar-refractivity contribution in [2.24, 2.45) is 0 Å². The smallest absolute Gasteiger partial charge is 0.144 e. The SMILES string of the molecule is CCOc1cc(NCCC2CCCO2)ccc1N. The van der Waals surface area contributed by atoms with Crippen LogP contribution in [-0.4, -0.2) is 25.9 Å². The molecule has 0 bridgehead atoms. The number of hydrogen-bond donors (Lipinski definition) is 2. The summed E-state index contributed by atoms with van der Waals surface area (Å²) in [6, 6.07) is 5.81. The van der Waals surface area contributed by atoms with Gasteiger partial charge in [0.15, 0.2) is 0 Å². The minimum Gasteiger partial charge on any atom is -0.492 e. The monoisotopic (exact) mass is 250 g/mol. The van der Waals surface area contributed by atoms with Crippen LogP contribution in [0.1, 0.15) is 26.2 Å². The maximum atomic E-state index is 5.83. The summed E-state index contributed by atoms with van der Waals surface area (Å²) in [4.78, 5) is 0. The van der Waals surface area contributed by atoms with Crippen molar-refractivity contribution in [3.05, 3.63) is 18.2 Å². The summed E-state index contributed by atoms with van der Waals surface area (Å²) in [5.41, 5.74) is 7.56. The van der Waals surface area contributed by atoms with Gasteiger partial charge in [0.1, 0.15) is 5.75 Å². The van der Waals surface area contributed by atoms with E-state index in [1.165, 1.54) is 12.8 Å². The van der Waals surface area contributed by atoms with Crippen LogP contribution in [0.15, 0.2) is 18.2 Å². The number of nitrogen functional groups attached to an aromatic ring is 1. The van der Waals surface area contributed by atoms with Crippen molar-refractivity contribution in [2.45, 2.75) is 32.3 Å². The summed E-state index contributed by atoms with van der Waals surface area (Å²) in [5.74, 6) is 0.750. The number of benzene rings is 1. The van der Waals surface area contributed by atoms with Crippen LogP contribution in [0.2, 0.25) is 0 Å². The summed E-state index contributed by atoms with van der Waals surface area (Å²) in [7, 11) is 0. The van der Waals surface area contributed by atoms with Gasteiger partial charge in [0, 0.05) is 24.9 Å². The molecule has 4 nitrogen and oxygen atoms in total. The molecule has 2 rings (SSSR count). The standard InChI is InChI=1S/C14H22N2O2/c1-2-17-14-10-11(5-6-13(14)15)16-8-7-12-4-3-9-18-12/h5-6,10,12,16H,2-4,7-9,15H2,1H3. The molecule has 0 saturated carbocycles. The molecule has 3 N–H and O–H groups in total. The van der Waals surface area contributed by atoms with Crippen LogP contribution in [0, 0.1) is 0 Å². The highest BCUT2D eigenvalue weighted by atomic mass is 16.5. The largest absolute Gasteiger partial charge is 0.492 e. The van der Waals surface area contributed by atoms with E-state index in [-0.39, 0.29) is 0 Å². The molecule has 1 heterocycles. The highest BCUT2D eigenvalue weighted by molar-refractivity contribution is 5.61. The first-order chi connectivity index (χ1) is 8.79. The fraction of sp³-hybridized carbons (Fsp3) is 0.571. The Balaban J connectivity index is 1.82. The van der Waals surface area contributed by atoms with Crippen molar-refractivity contribution >= 4 is 11.4 Å². The normalized spacial score (nSPS) is 18.8. The van der Waals surface area contributed by atoms with Crippen molar-refractivity contribution in [2.75, 3.05) is 30.8 Å². The predicted octanol–water partition coefficient (Wildman–Crippen LogP) is 2.65. The van der Waals surface area contributed by atoms with Crippen molar-refractivity contribution in [3.8, 4) is 5.75 Å². The molecule has 1 aliphatic heterocycles. The summed E-state index contributed by atoms with van der Waals surface area (Å²) in [6.45, 7) is 4.42. The molecular formula is C14H22N2O2. The van der Waals surface area contributed by atoms with E-state index >= 15 is 0 Å². The Bertz CT molecular complexity index is 376. The quantitative estimate of drug-likeness (QED) is 0.762. The third-order valence-electron chi connectivity index (χ3n) is 3.13. The van der Waals surface area contributed by atoms with Crippen LogP contribution in [-0.2, 0) is 4.74 Å². The van der Waals surface area contributed by atoms with Crippen LogP contribution in [0.3, 0.4) is 0 Å². The first-order valence-electron chi connectivity index (χ1n) is 6.67. The number of ether oxygens (including phenoxy) is 2. The topological polar surface area (TPSA) is 56.5 Å². The molecule has 0 amide bonds. The number of rotatable bonds is 6. The van der Waals surface area contributed by atoms with Gasteiger partial charge in [0.2, 0.25) is 0 Å². The zero-order chi connectivity index (χ0) is 12.8. The lowest BCUT2D eigenvalue weighted by Crippen LogP contribution is -2.12. The van der Waals surface area contributed by atoms with E-state index in [9.17, 15) is 0 Å². The molecule has 18 heavy (non-hydrogen) atoms. The maximum Gasteiger partial charge on any atom is 0.144 e. The second kappa shape index (κ2) is 6.50. The van der Waals surface area contributed by atoms with E-state index in [2.05, 4.69) is 5.32 Å². The van der Waals surface area contributed by atoms with Gasteiger partial charge in [-0.3, -0.25) is 0 Å². The van der Waals surface area contributed by atoms with Crippen LogP contribution < -0.4 is 15.8 Å². The van der Waals surface area contributed by atoms with Crippen molar-refractivity contribution in [3.63, 3.8) is 0 Å². The summed E-state index contributed by atoms with van der Waals surface area (Å²) in [6.07, 6.45) is 3.86. The first kappa shape index (κ1) is 13.0. The van der Waals surface area contributed by atoms with Crippen molar-refractivity contribution in [1.82, 2.24) is 0 Å². The second-order valence-corrected chi connectivity index (χ2v) is 4.54. The van der Waals surface area contributed by atoms with Gasteiger partial charge in [-0.15, -0.1) is 0 Å². The molecule has 1 aromatic rings. The third-order valence-corrected chi connectivity index (χ3v) is 3.13. The molecule has 1 aromatic carbocycles. The second-order valence-electron chi connectivity index (χ2n) is 4.54. The lowest BCUT2D eigenvalue weighted by atomic mass is 10.2. The number of anilines is 2. The third kappa shape index (κ3) is 3.53. The Morgan fingerprint density at radius 3 is 3.11 bits per heavy atom. The molecule has 4 heteroatoms. The summed E-state index contributed by atoms with van der Waals surface area (Å²) < 4.78 is 11.1. The average molecular weight is 250 g/mol. The van der Waals surface area contributed by atoms with Crippen LogP contribution in [0.25, 0.3) is 0 Å². The van der Waals surface area contributed by atoms with Gasteiger partial charge < -0.3 is 20.5 Å². The molecule has 1 fully saturated rings. The molecular weight excluding hydrogens is 228 g/mol. The van der Waals surface area contributed by atoms with Crippen LogP contribution >= 0.6 is 0 Å². The highest BCUT2D eigenvalue weighted by Gasteiger charge is 2.14. The van der Waals surface area contributed by atoms with E-state index in [0.717, 1.165) is 31.0 Å². The number of hydrogen-bond acceptors (Lipinski definition) is 4. The molecule has 0 spiro atoms. The van der Waals surface area contributed by atoms with Gasteiger partial charge in [-0.05, 0) is 38.3 Å². The van der Waals surface area contributed by atoms with Crippen molar-refractivity contribution in [1.29, 1.82) is 0 Å². The molecule has 0 radical (unpaired) electrons. The van der Waals surface area contributed by atoms with E-state index in [1.807, 2.05) is 25.1 Å². The Morgan fingerprint density at radius 2 is 2.39 bits per heavy atom. The Hall–Kier alpha value is -1.42. The van der Waals surface area contributed by atoms with Gasteiger partial charge in [0.05, 0.1) is 18.4 Å². The van der Waals surface area contributed by atoms with Crippen LogP contribution in [0.5, 0.6) is 5.75 Å². The molecule has 1 aliphatic rings. The van der Waals surface area contributed by atoms with Gasteiger partial charge in [-0.2, -0.15) is 0 Å². The molecule has 1 atom stereocenters. The first-order valence-corrected chi connectivity index (χ1v) is 6.67. The van der Waals surface area contributed by atoms with Gasteiger partial charge in [-0.25, -0.2) is 0 Å². The zero-order valence-electron chi connectivity index (χ0n) is 10.9. The molecule has 1 unspecified atom stereocenters. The van der Waals surface area contributed by atoms with E-state index in [1.54, 1.807) is 0 Å². The Labute approximate surface area is 108 Å². The Morgan fingerprint density at radius 1 is 1.50 bits per heavy atom. The van der Waals surface area contributed by atoms with Crippen molar-refractivity contribution < 1.29 is 9.47 Å². The molecule has 0 aromatic heterocycles. The lowest BCUT2D eigenvalue weighted by molar-refractivity contribution is 0.107. The lowest BCUT2D eigenvalue weighted by Gasteiger charge is -2.13. The molecule has 1 saturated heterocycles.